The van der Waals surface area contributed by atoms with Crippen LogP contribution in [0.15, 0.2) is 64.7 Å². The van der Waals surface area contributed by atoms with Crippen LogP contribution in [-0.4, -0.2) is 27.2 Å². The zero-order chi connectivity index (χ0) is 21.5. The van der Waals surface area contributed by atoms with Crippen LogP contribution in [0.4, 0.5) is 0 Å². The van der Waals surface area contributed by atoms with Crippen molar-refractivity contribution in [1.29, 1.82) is 0 Å². The van der Waals surface area contributed by atoms with E-state index < -0.39 is 0 Å². The maximum absolute atomic E-state index is 12.9. The molecule has 2 heterocycles. The van der Waals surface area contributed by atoms with Crippen LogP contribution >= 0.6 is 11.8 Å². The maximum Gasteiger partial charge on any atom is 0.258 e. The average molecular weight is 432 g/mol. The first-order valence-electron chi connectivity index (χ1n) is 10.5. The normalized spacial score (nSPS) is 13.6. The number of thioether (sulfide) groups is 1. The summed E-state index contributed by atoms with van der Waals surface area (Å²) in [6.45, 7) is 2.76. The van der Waals surface area contributed by atoms with Crippen molar-refractivity contribution in [2.75, 3.05) is 12.9 Å². The zero-order valence-electron chi connectivity index (χ0n) is 18.0. The second kappa shape index (κ2) is 7.93. The topological polar surface area (TPSA) is 49.0 Å². The Morgan fingerprint density at radius 2 is 1.94 bits per heavy atom. The molecule has 6 heteroatoms. The third-order valence-electron chi connectivity index (χ3n) is 5.79. The van der Waals surface area contributed by atoms with E-state index in [9.17, 15) is 4.79 Å². The molecule has 0 bridgehead atoms. The van der Waals surface area contributed by atoms with Gasteiger partial charge in [0, 0.05) is 40.8 Å². The van der Waals surface area contributed by atoms with Gasteiger partial charge in [-0.15, -0.1) is 11.8 Å². The Labute approximate surface area is 185 Å². The van der Waals surface area contributed by atoms with E-state index in [0.717, 1.165) is 45.0 Å². The fourth-order valence-corrected chi connectivity index (χ4v) is 4.27. The van der Waals surface area contributed by atoms with Gasteiger partial charge in [-0.3, -0.25) is 4.79 Å². The van der Waals surface area contributed by atoms with Gasteiger partial charge in [-0.2, -0.15) is 5.10 Å². The average Bonchev–Trinajstić information content (AvgIpc) is 3.52. The Bertz CT molecular complexity index is 1330. The summed E-state index contributed by atoms with van der Waals surface area (Å²) in [6.07, 6.45) is 10.3. The molecule has 2 aromatic heterocycles. The molecule has 0 saturated heterocycles. The van der Waals surface area contributed by atoms with Crippen molar-refractivity contribution in [3.63, 3.8) is 0 Å². The monoisotopic (exact) mass is 431 g/mol. The molecule has 2 aromatic carbocycles. The third-order valence-corrected chi connectivity index (χ3v) is 6.52. The maximum atomic E-state index is 12.9. The number of fused-ring (bicyclic) bond motifs is 1. The lowest BCUT2D eigenvalue weighted by Crippen LogP contribution is -2.17. The van der Waals surface area contributed by atoms with E-state index in [1.165, 1.54) is 12.8 Å². The van der Waals surface area contributed by atoms with E-state index in [1.807, 2.05) is 42.3 Å². The largest absolute Gasteiger partial charge is 0.493 e. The molecule has 0 N–H and O–H groups in total. The fraction of sp³-hybridized carbons (Fsp3) is 0.280. The van der Waals surface area contributed by atoms with Gasteiger partial charge < -0.3 is 9.30 Å². The van der Waals surface area contributed by atoms with Crippen LogP contribution in [0.3, 0.4) is 0 Å². The van der Waals surface area contributed by atoms with Gasteiger partial charge in [0.1, 0.15) is 5.75 Å². The van der Waals surface area contributed by atoms with Crippen molar-refractivity contribution in [2.45, 2.75) is 24.7 Å². The molecule has 1 saturated carbocycles. The number of hydrogen-bond acceptors (Lipinski definition) is 4. The second-order valence-electron chi connectivity index (χ2n) is 8.27. The Morgan fingerprint density at radius 3 is 2.65 bits per heavy atom. The minimum absolute atomic E-state index is 0.0107. The van der Waals surface area contributed by atoms with Crippen LogP contribution in [0.5, 0.6) is 5.75 Å². The zero-order valence-corrected chi connectivity index (χ0v) is 18.8. The lowest BCUT2D eigenvalue weighted by molar-refractivity contribution is 0.301. The minimum atomic E-state index is -0.0107. The number of nitrogens with zero attached hydrogens (tertiary/aromatic N) is 3. The summed E-state index contributed by atoms with van der Waals surface area (Å²) >= 11 is 1.70. The summed E-state index contributed by atoms with van der Waals surface area (Å²) in [5.74, 6) is 1.53. The smallest absolute Gasteiger partial charge is 0.258 e. The van der Waals surface area contributed by atoms with Crippen molar-refractivity contribution in [1.82, 2.24) is 14.3 Å². The van der Waals surface area contributed by atoms with E-state index in [4.69, 9.17) is 4.74 Å². The molecule has 1 aliphatic rings. The number of ether oxygens (including phenoxy) is 1. The van der Waals surface area contributed by atoms with Gasteiger partial charge >= 0.3 is 0 Å². The minimum Gasteiger partial charge on any atom is -0.493 e. The first-order chi connectivity index (χ1) is 15.0. The summed E-state index contributed by atoms with van der Waals surface area (Å²) in [4.78, 5) is 14.1. The number of hydrogen-bond donors (Lipinski definition) is 0. The molecule has 4 aromatic rings. The molecule has 1 aliphatic carbocycles. The van der Waals surface area contributed by atoms with Gasteiger partial charge in [-0.05, 0) is 79.3 Å². The predicted molar refractivity (Wildman–Crippen MR) is 126 cm³/mol. The molecule has 158 valence electrons. The molecule has 5 rings (SSSR count). The second-order valence-corrected chi connectivity index (χ2v) is 9.15. The number of aryl methyl sites for hydroxylation is 2. The van der Waals surface area contributed by atoms with E-state index in [1.54, 1.807) is 23.4 Å². The molecule has 0 unspecified atom stereocenters. The van der Waals surface area contributed by atoms with Crippen LogP contribution in [0, 0.1) is 12.8 Å². The fourth-order valence-electron chi connectivity index (χ4n) is 3.83. The van der Waals surface area contributed by atoms with Crippen LogP contribution in [0.25, 0.3) is 27.6 Å². The molecule has 0 atom stereocenters. The van der Waals surface area contributed by atoms with E-state index in [2.05, 4.69) is 35.6 Å². The summed E-state index contributed by atoms with van der Waals surface area (Å²) in [6, 6.07) is 12.2. The van der Waals surface area contributed by atoms with E-state index in [0.29, 0.717) is 11.3 Å². The van der Waals surface area contributed by atoms with Crippen molar-refractivity contribution >= 4 is 22.5 Å². The molecule has 0 radical (unpaired) electrons. The summed E-state index contributed by atoms with van der Waals surface area (Å²) in [7, 11) is 1.80. The van der Waals surface area contributed by atoms with Crippen LogP contribution in [0.2, 0.25) is 0 Å². The van der Waals surface area contributed by atoms with Gasteiger partial charge in [0.2, 0.25) is 0 Å². The Hall–Kier alpha value is -2.99. The van der Waals surface area contributed by atoms with Crippen LogP contribution in [-0.2, 0) is 7.05 Å². The highest BCUT2D eigenvalue weighted by Crippen LogP contribution is 2.38. The highest BCUT2D eigenvalue weighted by Gasteiger charge is 2.23. The van der Waals surface area contributed by atoms with E-state index in [-0.39, 0.29) is 5.56 Å². The molecular formula is C25H25N3O2S. The number of pyridine rings is 1. The quantitative estimate of drug-likeness (QED) is 0.393. The van der Waals surface area contributed by atoms with Crippen LogP contribution in [0.1, 0.15) is 18.4 Å². The molecule has 0 aliphatic heterocycles. The van der Waals surface area contributed by atoms with Gasteiger partial charge in [0.15, 0.2) is 0 Å². The van der Waals surface area contributed by atoms with Crippen molar-refractivity contribution in [3.8, 4) is 22.6 Å². The Balaban J connectivity index is 1.73. The highest BCUT2D eigenvalue weighted by molar-refractivity contribution is 7.98. The van der Waals surface area contributed by atoms with Crippen molar-refractivity contribution in [3.05, 3.63) is 70.9 Å². The van der Waals surface area contributed by atoms with Gasteiger partial charge in [0.05, 0.1) is 18.5 Å². The first kappa shape index (κ1) is 19.9. The summed E-state index contributed by atoms with van der Waals surface area (Å²) in [5, 5.41) is 6.04. The third kappa shape index (κ3) is 3.88. The highest BCUT2D eigenvalue weighted by atomic mass is 32.2. The van der Waals surface area contributed by atoms with Crippen LogP contribution < -0.4 is 10.3 Å². The van der Waals surface area contributed by atoms with Crippen molar-refractivity contribution in [2.24, 2.45) is 13.0 Å². The number of rotatable bonds is 6. The Kier molecular flexibility index (Phi) is 5.10. The lowest BCUT2D eigenvalue weighted by atomic mass is 9.99. The summed E-state index contributed by atoms with van der Waals surface area (Å²) in [5.41, 5.74) is 4.01. The molecular weight excluding hydrogens is 406 g/mol. The van der Waals surface area contributed by atoms with Gasteiger partial charge in [0.25, 0.3) is 5.56 Å². The SMILES string of the molecule is CSc1ccc(OCC2CC2)c(-c2cn(C)c(=O)c3ccc(-n4cc(C)cn4)cc23)c1. The number of benzene rings is 2. The number of aromatic nitrogens is 3. The Morgan fingerprint density at radius 1 is 1.10 bits per heavy atom. The summed E-state index contributed by atoms with van der Waals surface area (Å²) < 4.78 is 9.74. The molecule has 5 nitrogen and oxygen atoms in total. The molecule has 1 fully saturated rings. The first-order valence-corrected chi connectivity index (χ1v) is 11.7. The van der Waals surface area contributed by atoms with Gasteiger partial charge in [-0.1, -0.05) is 0 Å². The molecule has 31 heavy (non-hydrogen) atoms. The molecule has 0 amide bonds. The molecule has 0 spiro atoms. The standard InChI is InChI=1S/C25H25N3O2S/c1-16-12-26-28(13-16)18-6-8-20-21(10-18)23(14-27(2)25(20)29)22-11-19(31-3)7-9-24(22)30-15-17-4-5-17/h6-14,17H,4-5,15H2,1-3H3. The van der Waals surface area contributed by atoms with E-state index >= 15 is 0 Å². The van der Waals surface area contributed by atoms with Gasteiger partial charge in [-0.25, -0.2) is 4.68 Å². The predicted octanol–water partition coefficient (Wildman–Crippen LogP) is 5.21. The lowest BCUT2D eigenvalue weighted by Gasteiger charge is -2.16. The van der Waals surface area contributed by atoms with Crippen molar-refractivity contribution < 1.29 is 4.74 Å².